The van der Waals surface area contributed by atoms with Crippen LogP contribution >= 0.6 is 0 Å². The first-order chi connectivity index (χ1) is 4.88. The Bertz CT molecular complexity index is 104. The van der Waals surface area contributed by atoms with Gasteiger partial charge < -0.3 is 4.90 Å². The molecule has 0 fully saturated rings. The average molecular weight is 139 g/mol. The summed E-state index contributed by atoms with van der Waals surface area (Å²) in [6.45, 7) is 5.71. The molecule has 0 spiro atoms. The van der Waals surface area contributed by atoms with Crippen LogP contribution in [0.15, 0.2) is 12.3 Å². The summed E-state index contributed by atoms with van der Waals surface area (Å²) in [7, 11) is 0. The van der Waals surface area contributed by atoms with Crippen molar-refractivity contribution in [2.75, 3.05) is 6.54 Å². The maximum absolute atomic E-state index is 2.43. The van der Waals surface area contributed by atoms with Crippen molar-refractivity contribution in [2.45, 2.75) is 39.2 Å². The summed E-state index contributed by atoms with van der Waals surface area (Å²) in [4.78, 5) is 2.43. The fourth-order valence-electron chi connectivity index (χ4n) is 1.39. The van der Waals surface area contributed by atoms with Crippen molar-refractivity contribution in [1.29, 1.82) is 0 Å². The molecule has 0 aliphatic carbocycles. The van der Waals surface area contributed by atoms with Crippen LogP contribution < -0.4 is 0 Å². The zero-order chi connectivity index (χ0) is 7.40. The van der Waals surface area contributed by atoms with Gasteiger partial charge in [0.2, 0.25) is 0 Å². The SMILES string of the molecule is CCCC1C=CN1CCC. The van der Waals surface area contributed by atoms with Gasteiger partial charge >= 0.3 is 0 Å². The molecule has 1 aliphatic heterocycles. The Hall–Kier alpha value is -0.460. The Morgan fingerprint density at radius 2 is 2.10 bits per heavy atom. The van der Waals surface area contributed by atoms with E-state index in [4.69, 9.17) is 0 Å². The molecule has 1 heterocycles. The van der Waals surface area contributed by atoms with Crippen LogP contribution in [0.3, 0.4) is 0 Å². The van der Waals surface area contributed by atoms with Gasteiger partial charge in [0, 0.05) is 12.6 Å². The Morgan fingerprint density at radius 3 is 2.50 bits per heavy atom. The van der Waals surface area contributed by atoms with E-state index >= 15 is 0 Å². The molecule has 1 atom stereocenters. The molecule has 1 rings (SSSR count). The van der Waals surface area contributed by atoms with Gasteiger partial charge in [-0.25, -0.2) is 0 Å². The minimum Gasteiger partial charge on any atom is -0.371 e. The minimum atomic E-state index is 0.768. The van der Waals surface area contributed by atoms with Crippen LogP contribution in [0, 0.1) is 0 Å². The summed E-state index contributed by atoms with van der Waals surface area (Å²) in [6.07, 6.45) is 8.42. The van der Waals surface area contributed by atoms with Gasteiger partial charge in [-0.05, 0) is 25.1 Å². The van der Waals surface area contributed by atoms with E-state index in [0.29, 0.717) is 0 Å². The Kier molecular flexibility index (Phi) is 2.79. The first-order valence-electron chi connectivity index (χ1n) is 4.32. The quantitative estimate of drug-likeness (QED) is 0.578. The van der Waals surface area contributed by atoms with Crippen LogP contribution in [0.5, 0.6) is 0 Å². The fraction of sp³-hybridized carbons (Fsp3) is 0.778. The van der Waals surface area contributed by atoms with E-state index in [2.05, 4.69) is 31.0 Å². The molecule has 0 aromatic heterocycles. The Labute approximate surface area is 63.7 Å². The molecule has 0 radical (unpaired) electrons. The van der Waals surface area contributed by atoms with Gasteiger partial charge in [0.15, 0.2) is 0 Å². The van der Waals surface area contributed by atoms with Crippen molar-refractivity contribution < 1.29 is 0 Å². The van der Waals surface area contributed by atoms with Crippen LogP contribution in [-0.4, -0.2) is 17.5 Å². The van der Waals surface area contributed by atoms with Crippen LogP contribution in [0.25, 0.3) is 0 Å². The number of hydrogen-bond donors (Lipinski definition) is 0. The molecule has 1 nitrogen and oxygen atoms in total. The molecule has 0 bridgehead atoms. The van der Waals surface area contributed by atoms with E-state index in [1.54, 1.807) is 0 Å². The predicted octanol–water partition coefficient (Wildman–Crippen LogP) is 2.39. The normalized spacial score (nSPS) is 23.0. The van der Waals surface area contributed by atoms with Crippen molar-refractivity contribution in [1.82, 2.24) is 4.90 Å². The van der Waals surface area contributed by atoms with Crippen molar-refractivity contribution in [2.24, 2.45) is 0 Å². The van der Waals surface area contributed by atoms with Gasteiger partial charge in [0.1, 0.15) is 0 Å². The molecule has 10 heavy (non-hydrogen) atoms. The molecule has 1 aliphatic rings. The van der Waals surface area contributed by atoms with Crippen molar-refractivity contribution in [3.8, 4) is 0 Å². The smallest absolute Gasteiger partial charge is 0.0484 e. The van der Waals surface area contributed by atoms with E-state index < -0.39 is 0 Å². The highest BCUT2D eigenvalue weighted by molar-refractivity contribution is 5.06. The van der Waals surface area contributed by atoms with Gasteiger partial charge in [0.25, 0.3) is 0 Å². The number of rotatable bonds is 4. The number of nitrogens with zero attached hydrogens (tertiary/aromatic N) is 1. The molecule has 0 N–H and O–H groups in total. The molecular formula is C9H17N. The lowest BCUT2D eigenvalue weighted by molar-refractivity contribution is 0.263. The van der Waals surface area contributed by atoms with Gasteiger partial charge in [-0.1, -0.05) is 20.3 Å². The highest BCUT2D eigenvalue weighted by Gasteiger charge is 2.16. The van der Waals surface area contributed by atoms with Gasteiger partial charge in [-0.2, -0.15) is 0 Å². The Balaban J connectivity index is 2.18. The zero-order valence-corrected chi connectivity index (χ0v) is 7.01. The predicted molar refractivity (Wildman–Crippen MR) is 44.8 cm³/mol. The maximum atomic E-state index is 2.43. The van der Waals surface area contributed by atoms with Crippen LogP contribution in [-0.2, 0) is 0 Å². The standard InChI is InChI=1S/C9H17N/c1-3-5-9-6-8-10(9)7-4-2/h6,8-9H,3-5,7H2,1-2H3. The summed E-state index contributed by atoms with van der Waals surface area (Å²) < 4.78 is 0. The van der Waals surface area contributed by atoms with Crippen LogP contribution in [0.4, 0.5) is 0 Å². The van der Waals surface area contributed by atoms with Gasteiger partial charge in [0.05, 0.1) is 0 Å². The van der Waals surface area contributed by atoms with Gasteiger partial charge in [-0.15, -0.1) is 0 Å². The van der Waals surface area contributed by atoms with E-state index in [9.17, 15) is 0 Å². The maximum Gasteiger partial charge on any atom is 0.0484 e. The summed E-state index contributed by atoms with van der Waals surface area (Å²) in [5.74, 6) is 0. The minimum absolute atomic E-state index is 0.768. The lowest BCUT2D eigenvalue weighted by Crippen LogP contribution is -2.36. The third kappa shape index (κ3) is 1.53. The molecule has 0 aromatic rings. The highest BCUT2D eigenvalue weighted by Crippen LogP contribution is 2.17. The molecule has 1 heteroatoms. The molecule has 0 aromatic carbocycles. The first kappa shape index (κ1) is 7.64. The van der Waals surface area contributed by atoms with E-state index in [0.717, 1.165) is 6.04 Å². The fourth-order valence-corrected chi connectivity index (χ4v) is 1.39. The Morgan fingerprint density at radius 1 is 1.30 bits per heavy atom. The number of hydrogen-bond acceptors (Lipinski definition) is 1. The average Bonchev–Trinajstić information content (AvgIpc) is 1.93. The van der Waals surface area contributed by atoms with Crippen molar-refractivity contribution in [3.05, 3.63) is 12.3 Å². The second kappa shape index (κ2) is 3.65. The monoisotopic (exact) mass is 139 g/mol. The zero-order valence-electron chi connectivity index (χ0n) is 7.01. The first-order valence-corrected chi connectivity index (χ1v) is 4.32. The topological polar surface area (TPSA) is 3.24 Å². The van der Waals surface area contributed by atoms with E-state index in [1.807, 2.05) is 0 Å². The van der Waals surface area contributed by atoms with E-state index in [-0.39, 0.29) is 0 Å². The summed E-state index contributed by atoms with van der Waals surface area (Å²) in [5, 5.41) is 0. The molecule has 0 amide bonds. The molecular weight excluding hydrogens is 122 g/mol. The van der Waals surface area contributed by atoms with Crippen molar-refractivity contribution in [3.63, 3.8) is 0 Å². The van der Waals surface area contributed by atoms with Crippen LogP contribution in [0.1, 0.15) is 33.1 Å². The molecule has 58 valence electrons. The van der Waals surface area contributed by atoms with Gasteiger partial charge in [-0.3, -0.25) is 0 Å². The summed E-state index contributed by atoms with van der Waals surface area (Å²) >= 11 is 0. The van der Waals surface area contributed by atoms with E-state index in [1.165, 1.54) is 25.8 Å². The molecule has 1 unspecified atom stereocenters. The lowest BCUT2D eigenvalue weighted by atomic mass is 10.1. The van der Waals surface area contributed by atoms with Crippen LogP contribution in [0.2, 0.25) is 0 Å². The third-order valence-electron chi connectivity index (χ3n) is 1.99. The molecule has 0 saturated heterocycles. The summed E-state index contributed by atoms with van der Waals surface area (Å²) in [6, 6.07) is 0.768. The third-order valence-corrected chi connectivity index (χ3v) is 1.99. The second-order valence-corrected chi connectivity index (χ2v) is 2.94. The summed E-state index contributed by atoms with van der Waals surface area (Å²) in [5.41, 5.74) is 0. The lowest BCUT2D eigenvalue weighted by Gasteiger charge is -2.35. The van der Waals surface area contributed by atoms with Crippen molar-refractivity contribution >= 4 is 0 Å². The largest absolute Gasteiger partial charge is 0.371 e. The molecule has 0 saturated carbocycles. The highest BCUT2D eigenvalue weighted by atomic mass is 15.2. The second-order valence-electron chi connectivity index (χ2n) is 2.94.